The third-order valence-corrected chi connectivity index (χ3v) is 1.98. The highest BCUT2D eigenvalue weighted by atomic mass is 16.1. The Kier molecular flexibility index (Phi) is 2.37. The number of nitrogens with one attached hydrogen (secondary N) is 1. The summed E-state index contributed by atoms with van der Waals surface area (Å²) in [6, 6.07) is 3.67. The molecule has 0 atom stereocenters. The van der Waals surface area contributed by atoms with E-state index in [2.05, 4.69) is 9.97 Å². The molecular weight excluding hydrogens is 192 g/mol. The molecule has 0 aliphatic carbocycles. The number of rotatable bonds is 1. The maximum Gasteiger partial charge on any atom is 0.267 e. The first-order valence-electron chi connectivity index (χ1n) is 4.41. The van der Waals surface area contributed by atoms with E-state index < -0.39 is 5.91 Å². The highest BCUT2D eigenvalue weighted by Crippen LogP contribution is 2.03. The second-order valence-electron chi connectivity index (χ2n) is 2.96. The molecule has 2 rings (SSSR count). The van der Waals surface area contributed by atoms with Gasteiger partial charge in [0.1, 0.15) is 5.69 Å². The molecule has 5 nitrogen and oxygen atoms in total. The summed E-state index contributed by atoms with van der Waals surface area (Å²) in [6.45, 7) is 0. The van der Waals surface area contributed by atoms with Gasteiger partial charge in [0.15, 0.2) is 0 Å². The van der Waals surface area contributed by atoms with E-state index in [-0.39, 0.29) is 0 Å². The second kappa shape index (κ2) is 3.83. The molecule has 5 heteroatoms. The first-order chi connectivity index (χ1) is 7.29. The lowest BCUT2D eigenvalue weighted by Gasteiger charge is -1.96. The lowest BCUT2D eigenvalue weighted by molar-refractivity contribution is 0.0994. The normalized spacial score (nSPS) is 9.87. The number of primary amides is 1. The highest BCUT2D eigenvalue weighted by molar-refractivity contribution is 5.91. The lowest BCUT2D eigenvalue weighted by atomic mass is 10.4. The van der Waals surface area contributed by atoms with Crippen molar-refractivity contribution in [1.29, 1.82) is 0 Å². The standard InChI is InChI=1S/C10H10N4O/c11-10(15)9-7-13-4-3-12-6-8-2-1-5-14(8)9/h1-7,13H,(H2,11,15). The fraction of sp³-hybridized carbons (Fsp3) is 0. The first-order valence-corrected chi connectivity index (χ1v) is 4.41. The number of H-pyrrole nitrogens is 1. The van der Waals surface area contributed by atoms with Gasteiger partial charge in [-0.05, 0) is 12.1 Å². The van der Waals surface area contributed by atoms with E-state index in [0.717, 1.165) is 5.52 Å². The Hall–Kier alpha value is -2.30. The molecule has 3 N–H and O–H groups in total. The minimum atomic E-state index is -0.497. The zero-order valence-corrected chi connectivity index (χ0v) is 7.92. The smallest absolute Gasteiger partial charge is 0.267 e. The molecule has 0 saturated carbocycles. The van der Waals surface area contributed by atoms with Gasteiger partial charge in [0.25, 0.3) is 5.91 Å². The van der Waals surface area contributed by atoms with Crippen molar-refractivity contribution in [2.45, 2.75) is 0 Å². The van der Waals surface area contributed by atoms with Crippen LogP contribution in [0.3, 0.4) is 0 Å². The fourth-order valence-electron chi connectivity index (χ4n) is 1.31. The zero-order chi connectivity index (χ0) is 10.7. The molecule has 0 fully saturated rings. The Morgan fingerprint density at radius 1 is 1.53 bits per heavy atom. The molecule has 2 heterocycles. The fourth-order valence-corrected chi connectivity index (χ4v) is 1.31. The van der Waals surface area contributed by atoms with Gasteiger partial charge < -0.3 is 15.1 Å². The third kappa shape index (κ3) is 1.80. The molecule has 2 aromatic heterocycles. The van der Waals surface area contributed by atoms with E-state index in [1.54, 1.807) is 29.2 Å². The van der Waals surface area contributed by atoms with Crippen molar-refractivity contribution in [2.75, 3.05) is 0 Å². The van der Waals surface area contributed by atoms with Crippen molar-refractivity contribution in [3.8, 4) is 0 Å². The lowest BCUT2D eigenvalue weighted by Crippen LogP contribution is -2.14. The highest BCUT2D eigenvalue weighted by Gasteiger charge is 2.02. The number of hydrogen-bond donors (Lipinski definition) is 2. The molecule has 0 bridgehead atoms. The first kappa shape index (κ1) is 9.26. The monoisotopic (exact) mass is 202 g/mol. The van der Waals surface area contributed by atoms with Gasteiger partial charge in [-0.3, -0.25) is 9.78 Å². The summed E-state index contributed by atoms with van der Waals surface area (Å²) >= 11 is 0. The van der Waals surface area contributed by atoms with Crippen LogP contribution < -0.4 is 5.73 Å². The zero-order valence-electron chi connectivity index (χ0n) is 7.92. The van der Waals surface area contributed by atoms with Gasteiger partial charge >= 0.3 is 0 Å². The quantitative estimate of drug-likeness (QED) is 0.720. The van der Waals surface area contributed by atoms with Crippen molar-refractivity contribution in [3.63, 3.8) is 0 Å². The van der Waals surface area contributed by atoms with E-state index in [1.165, 1.54) is 6.20 Å². The van der Waals surface area contributed by atoms with E-state index in [4.69, 9.17) is 5.73 Å². The van der Waals surface area contributed by atoms with Crippen LogP contribution in [0.4, 0.5) is 0 Å². The predicted molar refractivity (Wildman–Crippen MR) is 55.7 cm³/mol. The van der Waals surface area contributed by atoms with Gasteiger partial charge in [-0.15, -0.1) is 0 Å². The largest absolute Gasteiger partial charge is 0.364 e. The molecule has 0 aliphatic heterocycles. The van der Waals surface area contributed by atoms with Crippen molar-refractivity contribution in [3.05, 3.63) is 48.8 Å². The number of carbonyl (C=O) groups excluding carboxylic acids is 1. The summed E-state index contributed by atoms with van der Waals surface area (Å²) in [5.41, 5.74) is 6.44. The molecule has 1 amide bonds. The van der Waals surface area contributed by atoms with E-state index in [1.807, 2.05) is 12.1 Å². The van der Waals surface area contributed by atoms with Crippen LogP contribution in [0.1, 0.15) is 10.5 Å². The number of nitrogens with two attached hydrogens (primary N) is 1. The topological polar surface area (TPSA) is 76.2 Å². The number of aromatic nitrogens is 3. The summed E-state index contributed by atoms with van der Waals surface area (Å²) in [4.78, 5) is 18.1. The van der Waals surface area contributed by atoms with Crippen LogP contribution in [0.2, 0.25) is 0 Å². The Morgan fingerprint density at radius 3 is 3.20 bits per heavy atom. The van der Waals surface area contributed by atoms with Crippen LogP contribution in [-0.2, 0) is 0 Å². The van der Waals surface area contributed by atoms with E-state index in [9.17, 15) is 4.79 Å². The summed E-state index contributed by atoms with van der Waals surface area (Å²) in [7, 11) is 0. The summed E-state index contributed by atoms with van der Waals surface area (Å²) in [5, 5.41) is 0. The van der Waals surface area contributed by atoms with Crippen molar-refractivity contribution in [1.82, 2.24) is 14.4 Å². The number of hydrogen-bond acceptors (Lipinski definition) is 2. The van der Waals surface area contributed by atoms with Crippen LogP contribution in [0.25, 0.3) is 5.52 Å². The number of nitrogens with zero attached hydrogens (tertiary/aromatic N) is 2. The van der Waals surface area contributed by atoms with Crippen molar-refractivity contribution >= 4 is 11.4 Å². The number of amides is 1. The van der Waals surface area contributed by atoms with Gasteiger partial charge in [0.05, 0.1) is 11.7 Å². The number of fused-ring (bicyclic) bond motifs is 1. The van der Waals surface area contributed by atoms with E-state index in [0.29, 0.717) is 5.69 Å². The molecule has 15 heavy (non-hydrogen) atoms. The summed E-state index contributed by atoms with van der Waals surface area (Å²) in [5.74, 6) is -0.497. The van der Waals surface area contributed by atoms with Crippen LogP contribution in [0.5, 0.6) is 0 Å². The van der Waals surface area contributed by atoms with Crippen LogP contribution >= 0.6 is 0 Å². The summed E-state index contributed by atoms with van der Waals surface area (Å²) < 4.78 is 1.67. The molecule has 0 aromatic carbocycles. The maximum absolute atomic E-state index is 11.2. The molecule has 0 spiro atoms. The van der Waals surface area contributed by atoms with Crippen LogP contribution in [-0.4, -0.2) is 20.3 Å². The molecule has 76 valence electrons. The molecule has 0 radical (unpaired) electrons. The van der Waals surface area contributed by atoms with Gasteiger partial charge in [0.2, 0.25) is 0 Å². The second-order valence-corrected chi connectivity index (χ2v) is 2.96. The molecule has 0 aliphatic rings. The molecule has 0 saturated heterocycles. The van der Waals surface area contributed by atoms with Crippen molar-refractivity contribution < 1.29 is 4.79 Å². The van der Waals surface area contributed by atoms with Gasteiger partial charge in [0, 0.05) is 24.8 Å². The Morgan fingerprint density at radius 2 is 2.40 bits per heavy atom. The molecule has 0 unspecified atom stereocenters. The Bertz CT molecular complexity index is 539. The van der Waals surface area contributed by atoms with E-state index >= 15 is 0 Å². The SMILES string of the molecule is NC(=O)c1c[nH]ccncc2cccn12. The average molecular weight is 202 g/mol. The van der Waals surface area contributed by atoms with Crippen molar-refractivity contribution in [2.24, 2.45) is 5.73 Å². The average Bonchev–Trinajstić information content (AvgIpc) is 2.64. The Balaban J connectivity index is 2.89. The molecular formula is C10H10N4O. The maximum atomic E-state index is 11.2. The summed E-state index contributed by atoms with van der Waals surface area (Å²) in [6.07, 6.45) is 8.16. The minimum Gasteiger partial charge on any atom is -0.364 e. The van der Waals surface area contributed by atoms with Gasteiger partial charge in [-0.1, -0.05) is 0 Å². The minimum absolute atomic E-state index is 0.369. The molecule has 2 aromatic rings. The van der Waals surface area contributed by atoms with Crippen LogP contribution in [0, 0.1) is 0 Å². The predicted octanol–water partition coefficient (Wildman–Crippen LogP) is 0.886. The third-order valence-electron chi connectivity index (χ3n) is 1.98. The van der Waals surface area contributed by atoms with Gasteiger partial charge in [-0.2, -0.15) is 0 Å². The van der Waals surface area contributed by atoms with Crippen LogP contribution in [0.15, 0.2) is 43.1 Å². The Labute approximate surface area is 85.9 Å². The number of carbonyl (C=O) groups is 1. The number of aromatic amines is 1. The van der Waals surface area contributed by atoms with Gasteiger partial charge in [-0.25, -0.2) is 0 Å².